The molecule has 0 saturated heterocycles. The van der Waals surface area contributed by atoms with E-state index >= 15 is 0 Å². The van der Waals surface area contributed by atoms with Crippen LogP contribution in [0.5, 0.6) is 0 Å². The minimum Gasteiger partial charge on any atom is -0.329 e. The van der Waals surface area contributed by atoms with E-state index in [4.69, 9.17) is 0 Å². The maximum atomic E-state index is 4.29. The van der Waals surface area contributed by atoms with Crippen LogP contribution in [-0.2, 0) is 7.05 Å². The molecule has 2 aromatic heterocycles. The molecular formula is C12H10N4S. The maximum Gasteiger partial charge on any atom is 0.172 e. The van der Waals surface area contributed by atoms with E-state index in [2.05, 4.69) is 27.1 Å². The smallest absolute Gasteiger partial charge is 0.172 e. The molecular weight excluding hydrogens is 232 g/mol. The first-order valence-electron chi connectivity index (χ1n) is 5.18. The molecule has 0 spiro atoms. The van der Waals surface area contributed by atoms with E-state index in [1.165, 1.54) is 0 Å². The zero-order chi connectivity index (χ0) is 11.7. The molecule has 2 heterocycles. The van der Waals surface area contributed by atoms with Gasteiger partial charge in [0.2, 0.25) is 0 Å². The highest BCUT2D eigenvalue weighted by atomic mass is 32.2. The molecule has 1 aromatic carbocycles. The number of aryl methyl sites for hydroxylation is 1. The van der Waals surface area contributed by atoms with Gasteiger partial charge in [-0.05, 0) is 18.2 Å². The summed E-state index contributed by atoms with van der Waals surface area (Å²) in [6, 6.07) is 6.13. The van der Waals surface area contributed by atoms with Gasteiger partial charge in [0.1, 0.15) is 6.33 Å². The van der Waals surface area contributed by atoms with Crippen LogP contribution in [0.1, 0.15) is 0 Å². The van der Waals surface area contributed by atoms with Gasteiger partial charge in [-0.2, -0.15) is 0 Å². The van der Waals surface area contributed by atoms with Crippen LogP contribution in [0, 0.1) is 0 Å². The largest absolute Gasteiger partial charge is 0.329 e. The predicted octanol–water partition coefficient (Wildman–Crippen LogP) is 2.51. The number of aromatic nitrogens is 4. The number of rotatable bonds is 2. The Balaban J connectivity index is 1.99. The Hall–Kier alpha value is -1.88. The molecule has 0 bridgehead atoms. The number of imidazole rings is 1. The van der Waals surface area contributed by atoms with E-state index in [0.29, 0.717) is 0 Å². The van der Waals surface area contributed by atoms with Gasteiger partial charge in [-0.1, -0.05) is 11.8 Å². The number of fused-ring (bicyclic) bond motifs is 1. The molecule has 0 radical (unpaired) electrons. The summed E-state index contributed by atoms with van der Waals surface area (Å²) in [5, 5.41) is 2.02. The van der Waals surface area contributed by atoms with Gasteiger partial charge in [-0.3, -0.25) is 0 Å². The van der Waals surface area contributed by atoms with E-state index < -0.39 is 0 Å². The molecule has 3 rings (SSSR count). The van der Waals surface area contributed by atoms with Gasteiger partial charge in [-0.15, -0.1) is 0 Å². The standard InChI is InChI=1S/C12H10N4S/c1-16-5-4-14-12(16)17-10-2-3-11-9(6-10)7-13-8-15-11/h2-8H,1H3. The van der Waals surface area contributed by atoms with E-state index in [0.717, 1.165) is 21.0 Å². The van der Waals surface area contributed by atoms with Gasteiger partial charge >= 0.3 is 0 Å². The molecule has 84 valence electrons. The van der Waals surface area contributed by atoms with Crippen LogP contribution >= 0.6 is 11.8 Å². The fraction of sp³-hybridized carbons (Fsp3) is 0.0833. The van der Waals surface area contributed by atoms with Gasteiger partial charge in [0, 0.05) is 35.9 Å². The zero-order valence-electron chi connectivity index (χ0n) is 9.24. The highest BCUT2D eigenvalue weighted by Crippen LogP contribution is 2.27. The molecule has 0 aliphatic heterocycles. The lowest BCUT2D eigenvalue weighted by Crippen LogP contribution is -1.88. The Labute approximate surface area is 103 Å². The second kappa shape index (κ2) is 4.18. The Morgan fingerprint density at radius 2 is 2.18 bits per heavy atom. The van der Waals surface area contributed by atoms with Crippen LogP contribution < -0.4 is 0 Å². The molecule has 0 fully saturated rings. The fourth-order valence-corrected chi connectivity index (χ4v) is 2.43. The summed E-state index contributed by atoms with van der Waals surface area (Å²) in [5.74, 6) is 0. The van der Waals surface area contributed by atoms with Gasteiger partial charge in [0.15, 0.2) is 5.16 Å². The maximum absolute atomic E-state index is 4.29. The second-order valence-corrected chi connectivity index (χ2v) is 4.71. The number of hydrogen-bond donors (Lipinski definition) is 0. The van der Waals surface area contributed by atoms with Crippen molar-refractivity contribution in [2.45, 2.75) is 10.1 Å². The first kappa shape index (κ1) is 10.3. The predicted molar refractivity (Wildman–Crippen MR) is 66.9 cm³/mol. The first-order valence-corrected chi connectivity index (χ1v) is 5.99. The summed E-state index contributed by atoms with van der Waals surface area (Å²) >= 11 is 1.63. The minimum atomic E-state index is 0.962. The summed E-state index contributed by atoms with van der Waals surface area (Å²) in [7, 11) is 1.99. The third-order valence-electron chi connectivity index (χ3n) is 2.46. The summed E-state index contributed by atoms with van der Waals surface area (Å²) in [4.78, 5) is 13.6. The highest BCUT2D eigenvalue weighted by Gasteiger charge is 2.03. The lowest BCUT2D eigenvalue weighted by Gasteiger charge is -2.02. The second-order valence-electron chi connectivity index (χ2n) is 3.67. The zero-order valence-corrected chi connectivity index (χ0v) is 10.1. The lowest BCUT2D eigenvalue weighted by molar-refractivity contribution is 0.790. The fourth-order valence-electron chi connectivity index (χ4n) is 1.58. The van der Waals surface area contributed by atoms with Crippen LogP contribution in [0.25, 0.3) is 10.9 Å². The third-order valence-corrected chi connectivity index (χ3v) is 3.53. The van der Waals surface area contributed by atoms with E-state index in [9.17, 15) is 0 Å². The van der Waals surface area contributed by atoms with E-state index in [1.54, 1.807) is 24.3 Å². The van der Waals surface area contributed by atoms with Crippen molar-refractivity contribution < 1.29 is 0 Å². The highest BCUT2D eigenvalue weighted by molar-refractivity contribution is 7.99. The van der Waals surface area contributed by atoms with Crippen LogP contribution in [0.15, 0.2) is 53.2 Å². The molecule has 0 aliphatic rings. The molecule has 17 heavy (non-hydrogen) atoms. The average molecular weight is 242 g/mol. The Bertz CT molecular complexity index is 662. The first-order chi connectivity index (χ1) is 8.33. The minimum absolute atomic E-state index is 0.962. The van der Waals surface area contributed by atoms with Crippen molar-refractivity contribution in [2.75, 3.05) is 0 Å². The molecule has 4 nitrogen and oxygen atoms in total. The molecule has 3 aromatic rings. The monoisotopic (exact) mass is 242 g/mol. The van der Waals surface area contributed by atoms with Crippen LogP contribution in [0.4, 0.5) is 0 Å². The quantitative estimate of drug-likeness (QED) is 0.692. The van der Waals surface area contributed by atoms with Crippen LogP contribution in [-0.4, -0.2) is 19.5 Å². The van der Waals surface area contributed by atoms with Gasteiger partial charge in [0.25, 0.3) is 0 Å². The van der Waals surface area contributed by atoms with Crippen molar-refractivity contribution in [2.24, 2.45) is 7.05 Å². The van der Waals surface area contributed by atoms with Crippen molar-refractivity contribution in [1.29, 1.82) is 0 Å². The van der Waals surface area contributed by atoms with Gasteiger partial charge in [0.05, 0.1) is 5.52 Å². The van der Waals surface area contributed by atoms with E-state index in [1.807, 2.05) is 30.1 Å². The molecule has 5 heteroatoms. The average Bonchev–Trinajstić information content (AvgIpc) is 2.75. The topological polar surface area (TPSA) is 43.6 Å². The Morgan fingerprint density at radius 3 is 3.00 bits per heavy atom. The summed E-state index contributed by atoms with van der Waals surface area (Å²) in [5.41, 5.74) is 0.962. The lowest BCUT2D eigenvalue weighted by atomic mass is 10.2. The molecule has 0 amide bonds. The number of nitrogens with zero attached hydrogens (tertiary/aromatic N) is 4. The SMILES string of the molecule is Cn1ccnc1Sc1ccc2ncncc2c1. The number of hydrogen-bond acceptors (Lipinski definition) is 4. The van der Waals surface area contributed by atoms with Crippen LogP contribution in [0.3, 0.4) is 0 Å². The molecule has 0 atom stereocenters. The van der Waals surface area contributed by atoms with Crippen LogP contribution in [0.2, 0.25) is 0 Å². The molecule has 0 saturated carbocycles. The summed E-state index contributed by atoms with van der Waals surface area (Å²) in [6.45, 7) is 0. The molecule has 0 unspecified atom stereocenters. The molecule has 0 aliphatic carbocycles. The van der Waals surface area contributed by atoms with Crippen molar-refractivity contribution >= 4 is 22.7 Å². The number of benzene rings is 1. The summed E-state index contributed by atoms with van der Waals surface area (Å²) < 4.78 is 2.00. The van der Waals surface area contributed by atoms with Crippen molar-refractivity contribution in [3.05, 3.63) is 43.1 Å². The molecule has 0 N–H and O–H groups in total. The summed E-state index contributed by atoms with van der Waals surface area (Å²) in [6.07, 6.45) is 7.12. The Morgan fingerprint density at radius 1 is 1.24 bits per heavy atom. The normalized spacial score (nSPS) is 10.9. The van der Waals surface area contributed by atoms with Gasteiger partial charge in [-0.25, -0.2) is 15.0 Å². The van der Waals surface area contributed by atoms with Crippen molar-refractivity contribution in [1.82, 2.24) is 19.5 Å². The van der Waals surface area contributed by atoms with Crippen molar-refractivity contribution in [3.63, 3.8) is 0 Å². The third kappa shape index (κ3) is 2.01. The van der Waals surface area contributed by atoms with Crippen molar-refractivity contribution in [3.8, 4) is 0 Å². The van der Waals surface area contributed by atoms with E-state index in [-0.39, 0.29) is 0 Å². The van der Waals surface area contributed by atoms with Gasteiger partial charge < -0.3 is 4.57 Å². The Kier molecular flexibility index (Phi) is 2.53.